The molecule has 3 heteroatoms. The number of phenolic OH excluding ortho intramolecular Hbond substituents is 1. The molecule has 2 unspecified atom stereocenters. The lowest BCUT2D eigenvalue weighted by atomic mass is 9.55. The minimum atomic E-state index is -0.661. The summed E-state index contributed by atoms with van der Waals surface area (Å²) in [6.45, 7) is 2.10. The molecule has 4 rings (SSSR count). The number of benzene rings is 1. The van der Waals surface area contributed by atoms with Gasteiger partial charge in [0.1, 0.15) is 5.75 Å². The third-order valence-corrected chi connectivity index (χ3v) is 6.50. The molecule has 0 bridgehead atoms. The van der Waals surface area contributed by atoms with Gasteiger partial charge in [0.15, 0.2) is 0 Å². The Morgan fingerprint density at radius 1 is 1.33 bits per heavy atom. The first-order valence-corrected chi connectivity index (χ1v) is 8.00. The van der Waals surface area contributed by atoms with E-state index in [2.05, 4.69) is 12.0 Å². The molecule has 2 saturated carbocycles. The van der Waals surface area contributed by atoms with E-state index in [-0.39, 0.29) is 35.1 Å². The first-order valence-electron chi connectivity index (χ1n) is 9.41. The number of aliphatic hydroxyl groups is 2. The minimum absolute atomic E-state index is 0.00998. The van der Waals surface area contributed by atoms with Gasteiger partial charge < -0.3 is 15.3 Å². The van der Waals surface area contributed by atoms with Crippen molar-refractivity contribution in [1.29, 1.82) is 1.43 Å². The number of aromatic hydroxyl groups is 1. The van der Waals surface area contributed by atoms with Crippen LogP contribution in [0.2, 0.25) is 0 Å². The van der Waals surface area contributed by atoms with Crippen molar-refractivity contribution in [3.8, 4) is 5.75 Å². The standard InChI is InChI=1S/C18H24O3/c1-18-7-6-13-12-5-3-11(19)8-10(12)2-4-14(13)15(18)9-16(20)17(18)21/h3,5,8,13-17,19-21H,2,4,6-7,9H2,1H3/t13-,14+,15-,16?,17?,18-/m0/s1/i3D,5D/hD. The van der Waals surface area contributed by atoms with Gasteiger partial charge in [-0.2, -0.15) is 0 Å². The summed E-state index contributed by atoms with van der Waals surface area (Å²) in [5, 5.41) is 25.2. The molecule has 6 atom stereocenters. The third kappa shape index (κ3) is 1.80. The lowest BCUT2D eigenvalue weighted by Gasteiger charge is -2.49. The molecule has 0 aromatic heterocycles. The highest BCUT2D eigenvalue weighted by atomic mass is 16.3. The highest BCUT2D eigenvalue weighted by Gasteiger charge is 2.57. The summed E-state index contributed by atoms with van der Waals surface area (Å²) in [4.78, 5) is 0. The maximum absolute atomic E-state index is 10.5. The van der Waals surface area contributed by atoms with Gasteiger partial charge in [0.25, 0.3) is 1.43 Å². The van der Waals surface area contributed by atoms with Crippen LogP contribution in [0.1, 0.15) is 52.4 Å². The van der Waals surface area contributed by atoms with E-state index in [0.717, 1.165) is 36.8 Å². The van der Waals surface area contributed by atoms with E-state index in [0.29, 0.717) is 12.3 Å². The fourth-order valence-corrected chi connectivity index (χ4v) is 5.38. The Bertz CT molecular complexity index is 680. The first-order chi connectivity index (χ1) is 11.4. The molecule has 1 aromatic rings. The molecule has 0 spiro atoms. The monoisotopic (exact) mass is 291 g/mol. The summed E-state index contributed by atoms with van der Waals surface area (Å²) in [7, 11) is 0. The van der Waals surface area contributed by atoms with E-state index >= 15 is 0 Å². The summed E-state index contributed by atoms with van der Waals surface area (Å²) in [6, 6.07) is 1.93. The van der Waals surface area contributed by atoms with Gasteiger partial charge in [-0.1, -0.05) is 13.0 Å². The number of aliphatic hydroxyl groups excluding tert-OH is 2. The Balaban J connectivity index is 1.76. The van der Waals surface area contributed by atoms with Crippen molar-refractivity contribution in [2.75, 3.05) is 0 Å². The van der Waals surface area contributed by atoms with E-state index in [9.17, 15) is 10.2 Å². The van der Waals surface area contributed by atoms with Crippen molar-refractivity contribution < 1.29 is 18.1 Å². The molecule has 0 aliphatic heterocycles. The number of aryl methyl sites for hydroxylation is 1. The van der Waals surface area contributed by atoms with Crippen LogP contribution >= 0.6 is 0 Å². The molecule has 0 saturated heterocycles. The zero-order valence-corrected chi connectivity index (χ0v) is 12.3. The largest absolute Gasteiger partial charge is 0.508 e. The average Bonchev–Trinajstić information content (AvgIpc) is 2.81. The molecule has 114 valence electrons. The molecule has 0 radical (unpaired) electrons. The Kier molecular flexibility index (Phi) is 2.26. The van der Waals surface area contributed by atoms with Crippen LogP contribution in [-0.4, -0.2) is 29.0 Å². The van der Waals surface area contributed by atoms with Gasteiger partial charge in [-0.3, -0.25) is 0 Å². The van der Waals surface area contributed by atoms with Crippen LogP contribution in [0.5, 0.6) is 5.75 Å². The van der Waals surface area contributed by atoms with Crippen LogP contribution in [0, 0.1) is 17.3 Å². The fraction of sp³-hybridized carbons (Fsp3) is 0.667. The average molecular weight is 291 g/mol. The maximum atomic E-state index is 10.5. The van der Waals surface area contributed by atoms with Crippen LogP contribution in [0.25, 0.3) is 0 Å². The summed E-state index contributed by atoms with van der Waals surface area (Å²) in [6.07, 6.45) is 2.79. The Morgan fingerprint density at radius 2 is 2.19 bits per heavy atom. The van der Waals surface area contributed by atoms with Crippen molar-refractivity contribution in [3.05, 3.63) is 29.3 Å². The Hall–Kier alpha value is -1.06. The van der Waals surface area contributed by atoms with Gasteiger partial charge in [-0.05, 0) is 78.5 Å². The van der Waals surface area contributed by atoms with Gasteiger partial charge in [0, 0.05) is 0 Å². The molecule has 1 aromatic carbocycles. The molecule has 3 N–H and O–H groups in total. The second-order valence-corrected chi connectivity index (χ2v) is 7.41. The molecule has 2 fully saturated rings. The summed E-state index contributed by atoms with van der Waals surface area (Å²) < 4.78 is 23.6. The number of hydrogen-bond acceptors (Lipinski definition) is 3. The number of hydrogen-bond donors (Lipinski definition) is 3. The highest BCUT2D eigenvalue weighted by Crippen LogP contribution is 2.60. The summed E-state index contributed by atoms with van der Waals surface area (Å²) in [5.41, 5.74) is 1.73. The van der Waals surface area contributed by atoms with Crippen molar-refractivity contribution in [2.45, 2.75) is 57.2 Å². The second-order valence-electron chi connectivity index (χ2n) is 7.41. The maximum Gasteiger partial charge on any atom is 0.293 e. The van der Waals surface area contributed by atoms with E-state index < -0.39 is 12.2 Å². The molecular formula is C18H24O3. The summed E-state index contributed by atoms with van der Waals surface area (Å²) >= 11 is 0. The third-order valence-electron chi connectivity index (χ3n) is 6.50. The number of phenols is 1. The lowest BCUT2D eigenvalue weighted by molar-refractivity contribution is -0.0505. The zero-order valence-electron chi connectivity index (χ0n) is 15.3. The smallest absolute Gasteiger partial charge is 0.293 e. The normalized spacial score (nSPS) is 46.6. The lowest BCUT2D eigenvalue weighted by Crippen LogP contribution is -2.44. The van der Waals surface area contributed by atoms with Crippen LogP contribution in [0.15, 0.2) is 18.2 Å². The molecule has 0 amide bonds. The SMILES string of the molecule is [2H]Oc1cc2c(c([2H])c1[2H])[C@@H]1CC[C@]3(C)C(O)C(O)C[C@H]3[C@@H]1CC2. The van der Waals surface area contributed by atoms with E-state index in [1.54, 1.807) is 6.07 Å². The predicted octanol–water partition coefficient (Wildman–Crippen LogP) is 2.58. The quantitative estimate of drug-likeness (QED) is 0.745. The van der Waals surface area contributed by atoms with Gasteiger partial charge in [-0.25, -0.2) is 0 Å². The predicted molar refractivity (Wildman–Crippen MR) is 80.1 cm³/mol. The van der Waals surface area contributed by atoms with Crippen LogP contribution < -0.4 is 0 Å². The molecule has 0 heterocycles. The van der Waals surface area contributed by atoms with E-state index in [4.69, 9.17) is 4.17 Å². The topological polar surface area (TPSA) is 60.7 Å². The van der Waals surface area contributed by atoms with Crippen molar-refractivity contribution in [1.82, 2.24) is 0 Å². The Morgan fingerprint density at radius 3 is 3.00 bits per heavy atom. The van der Waals surface area contributed by atoms with E-state index in [1.165, 1.54) is 0 Å². The number of fused-ring (bicyclic) bond motifs is 5. The molecule has 3 aliphatic carbocycles. The molecular weight excluding hydrogens is 264 g/mol. The van der Waals surface area contributed by atoms with Crippen LogP contribution in [0.3, 0.4) is 0 Å². The first kappa shape index (κ1) is 10.6. The Labute approximate surface area is 129 Å². The van der Waals surface area contributed by atoms with Crippen LogP contribution in [-0.2, 0) is 6.42 Å². The zero-order chi connectivity index (χ0) is 17.2. The van der Waals surface area contributed by atoms with Gasteiger partial charge >= 0.3 is 0 Å². The van der Waals surface area contributed by atoms with E-state index in [1.807, 2.05) is 0 Å². The minimum Gasteiger partial charge on any atom is -0.508 e. The molecule has 3 aliphatic rings. The second kappa shape index (κ2) is 4.47. The fourth-order valence-electron chi connectivity index (χ4n) is 5.38. The van der Waals surface area contributed by atoms with Crippen LogP contribution in [0.4, 0.5) is 0 Å². The molecule has 21 heavy (non-hydrogen) atoms. The summed E-state index contributed by atoms with van der Waals surface area (Å²) in [5.74, 6) is 0.967. The highest BCUT2D eigenvalue weighted by molar-refractivity contribution is 5.40. The van der Waals surface area contributed by atoms with Crippen molar-refractivity contribution in [2.24, 2.45) is 17.3 Å². The van der Waals surface area contributed by atoms with Crippen molar-refractivity contribution in [3.63, 3.8) is 0 Å². The number of rotatable bonds is 1. The van der Waals surface area contributed by atoms with Crippen molar-refractivity contribution >= 4 is 0 Å². The molecule has 3 nitrogen and oxygen atoms in total. The van der Waals surface area contributed by atoms with Gasteiger partial charge in [0.2, 0.25) is 0 Å². The van der Waals surface area contributed by atoms with Gasteiger partial charge in [-0.15, -0.1) is 0 Å². The van der Waals surface area contributed by atoms with Gasteiger partial charge in [0.05, 0.1) is 14.9 Å².